The highest BCUT2D eigenvalue weighted by Crippen LogP contribution is 2.28. The van der Waals surface area contributed by atoms with Crippen molar-refractivity contribution in [1.29, 1.82) is 0 Å². The van der Waals surface area contributed by atoms with E-state index in [1.165, 1.54) is 12.1 Å². The normalized spacial score (nSPS) is 17.3. The Bertz CT molecular complexity index is 545. The summed E-state index contributed by atoms with van der Waals surface area (Å²) in [6.45, 7) is 1.80. The van der Waals surface area contributed by atoms with Crippen LogP contribution in [0, 0.1) is 0 Å². The number of likely N-dealkylation sites (tertiary alicyclic amines) is 1. The van der Waals surface area contributed by atoms with Crippen LogP contribution < -0.4 is 10.6 Å². The second-order valence-electron chi connectivity index (χ2n) is 5.65. The summed E-state index contributed by atoms with van der Waals surface area (Å²) < 4.78 is 50.6. The lowest BCUT2D eigenvalue weighted by molar-refractivity contribution is -0.163. The molecule has 2 rings (SSSR count). The van der Waals surface area contributed by atoms with Gasteiger partial charge in [0.05, 0.1) is 11.4 Å². The Labute approximate surface area is 131 Å². The number of carbonyl (C=O) groups excluding carboxylic acids is 1. The molecule has 23 heavy (non-hydrogen) atoms. The van der Waals surface area contributed by atoms with Gasteiger partial charge in [0.15, 0.2) is 0 Å². The molecule has 0 spiro atoms. The summed E-state index contributed by atoms with van der Waals surface area (Å²) >= 11 is 0. The van der Waals surface area contributed by atoms with E-state index in [9.17, 15) is 22.4 Å². The zero-order valence-corrected chi connectivity index (χ0v) is 12.7. The molecule has 128 valence electrons. The summed E-state index contributed by atoms with van der Waals surface area (Å²) in [7, 11) is 2.01. The highest BCUT2D eigenvalue weighted by atomic mass is 19.3. The van der Waals surface area contributed by atoms with Crippen molar-refractivity contribution in [2.45, 2.75) is 31.2 Å². The zero-order chi connectivity index (χ0) is 17.0. The number of nitrogens with zero attached hydrogens (tertiary/aromatic N) is 1. The minimum absolute atomic E-state index is 0.0664. The number of carbonyl (C=O) groups is 1. The third kappa shape index (κ3) is 4.34. The lowest BCUT2D eigenvalue weighted by Crippen LogP contribution is -2.41. The third-order valence-electron chi connectivity index (χ3n) is 3.83. The maximum Gasteiger partial charge on any atom is 0.383 e. The molecular weight excluding hydrogens is 314 g/mol. The Balaban J connectivity index is 2.07. The highest BCUT2D eigenvalue weighted by molar-refractivity contribution is 5.98. The summed E-state index contributed by atoms with van der Waals surface area (Å²) in [5, 5.41) is 5.07. The minimum Gasteiger partial charge on any atom is -0.381 e. The molecule has 1 heterocycles. The standard InChI is InChI=1S/C15H19F4N3O/c1-22-8-6-10(7-9-22)20-11-4-2-3-5-12(11)21-14(23)15(18,19)13(16)17/h2-5,10,13,20H,6-9H2,1H3,(H,21,23). The first-order valence-corrected chi connectivity index (χ1v) is 7.32. The van der Waals surface area contributed by atoms with Crippen LogP contribution >= 0.6 is 0 Å². The molecule has 1 fully saturated rings. The largest absolute Gasteiger partial charge is 0.383 e. The van der Waals surface area contributed by atoms with Crippen molar-refractivity contribution < 1.29 is 22.4 Å². The van der Waals surface area contributed by atoms with Crippen LogP contribution in [0.2, 0.25) is 0 Å². The van der Waals surface area contributed by atoms with Gasteiger partial charge in [-0.1, -0.05) is 12.1 Å². The Morgan fingerprint density at radius 2 is 1.78 bits per heavy atom. The number of amides is 1. The quantitative estimate of drug-likeness (QED) is 0.814. The van der Waals surface area contributed by atoms with E-state index in [-0.39, 0.29) is 11.7 Å². The molecule has 0 aliphatic carbocycles. The van der Waals surface area contributed by atoms with Gasteiger partial charge in [0.2, 0.25) is 0 Å². The van der Waals surface area contributed by atoms with Crippen LogP contribution in [-0.2, 0) is 4.79 Å². The molecule has 1 aromatic rings. The molecule has 1 aromatic carbocycles. The van der Waals surface area contributed by atoms with Crippen molar-refractivity contribution in [2.24, 2.45) is 0 Å². The first kappa shape index (κ1) is 17.5. The van der Waals surface area contributed by atoms with Crippen LogP contribution in [-0.4, -0.2) is 49.3 Å². The number of piperidine rings is 1. The van der Waals surface area contributed by atoms with E-state index >= 15 is 0 Å². The molecule has 0 aromatic heterocycles. The Hall–Kier alpha value is -1.83. The smallest absolute Gasteiger partial charge is 0.381 e. The van der Waals surface area contributed by atoms with Gasteiger partial charge in [0.25, 0.3) is 0 Å². The molecule has 1 amide bonds. The van der Waals surface area contributed by atoms with E-state index in [1.54, 1.807) is 12.1 Å². The van der Waals surface area contributed by atoms with Gasteiger partial charge in [-0.25, -0.2) is 8.78 Å². The molecule has 1 aliphatic rings. The molecule has 0 unspecified atom stereocenters. The van der Waals surface area contributed by atoms with E-state index in [1.807, 2.05) is 12.4 Å². The fraction of sp³-hybridized carbons (Fsp3) is 0.533. The number of para-hydroxylation sites is 2. The van der Waals surface area contributed by atoms with Crippen LogP contribution in [0.3, 0.4) is 0 Å². The van der Waals surface area contributed by atoms with E-state index in [0.29, 0.717) is 5.69 Å². The molecular formula is C15H19F4N3O. The van der Waals surface area contributed by atoms with E-state index in [2.05, 4.69) is 10.2 Å². The molecule has 2 N–H and O–H groups in total. The maximum absolute atomic E-state index is 13.1. The Morgan fingerprint density at radius 1 is 1.22 bits per heavy atom. The molecule has 0 saturated carbocycles. The van der Waals surface area contributed by atoms with Crippen LogP contribution in [0.5, 0.6) is 0 Å². The zero-order valence-electron chi connectivity index (χ0n) is 12.7. The van der Waals surface area contributed by atoms with Crippen molar-refractivity contribution in [3.05, 3.63) is 24.3 Å². The van der Waals surface area contributed by atoms with Gasteiger partial charge in [-0.2, -0.15) is 8.78 Å². The third-order valence-corrected chi connectivity index (χ3v) is 3.83. The van der Waals surface area contributed by atoms with Gasteiger partial charge in [0.1, 0.15) is 0 Å². The SMILES string of the molecule is CN1CCC(Nc2ccccc2NC(=O)C(F)(F)C(F)F)CC1. The van der Waals surface area contributed by atoms with Crippen LogP contribution in [0.4, 0.5) is 28.9 Å². The summed E-state index contributed by atoms with van der Waals surface area (Å²) in [6, 6.07) is 6.37. The van der Waals surface area contributed by atoms with E-state index in [4.69, 9.17) is 0 Å². The fourth-order valence-electron chi connectivity index (χ4n) is 2.40. The topological polar surface area (TPSA) is 44.4 Å². The average Bonchev–Trinajstić information content (AvgIpc) is 2.51. The van der Waals surface area contributed by atoms with Crippen molar-refractivity contribution in [2.75, 3.05) is 30.8 Å². The summed E-state index contributed by atoms with van der Waals surface area (Å²) in [5.41, 5.74) is 0.511. The number of hydrogen-bond acceptors (Lipinski definition) is 3. The number of alkyl halides is 4. The minimum atomic E-state index is -4.72. The van der Waals surface area contributed by atoms with Crippen LogP contribution in [0.1, 0.15) is 12.8 Å². The monoisotopic (exact) mass is 333 g/mol. The number of benzene rings is 1. The van der Waals surface area contributed by atoms with Gasteiger partial charge >= 0.3 is 18.3 Å². The predicted octanol–water partition coefficient (Wildman–Crippen LogP) is 3.03. The molecule has 1 saturated heterocycles. The number of rotatable bonds is 5. The van der Waals surface area contributed by atoms with Gasteiger partial charge in [-0.05, 0) is 45.1 Å². The van der Waals surface area contributed by atoms with Gasteiger partial charge in [-0.3, -0.25) is 4.79 Å². The number of anilines is 2. The van der Waals surface area contributed by atoms with Gasteiger partial charge in [-0.15, -0.1) is 0 Å². The van der Waals surface area contributed by atoms with Crippen LogP contribution in [0.15, 0.2) is 24.3 Å². The Kier molecular flexibility index (Phi) is 5.46. The second kappa shape index (κ2) is 7.16. The van der Waals surface area contributed by atoms with Gasteiger partial charge in [0, 0.05) is 6.04 Å². The summed E-state index contributed by atoms with van der Waals surface area (Å²) in [5.74, 6) is -6.73. The number of hydrogen-bond donors (Lipinski definition) is 2. The van der Waals surface area contributed by atoms with Crippen molar-refractivity contribution in [1.82, 2.24) is 4.90 Å². The van der Waals surface area contributed by atoms with E-state index in [0.717, 1.165) is 25.9 Å². The second-order valence-corrected chi connectivity index (χ2v) is 5.65. The first-order chi connectivity index (χ1) is 10.8. The summed E-state index contributed by atoms with van der Waals surface area (Å²) in [4.78, 5) is 13.6. The molecule has 0 radical (unpaired) electrons. The molecule has 1 aliphatic heterocycles. The lowest BCUT2D eigenvalue weighted by Gasteiger charge is -2.30. The predicted molar refractivity (Wildman–Crippen MR) is 80.2 cm³/mol. The van der Waals surface area contributed by atoms with Crippen molar-refractivity contribution in [3.63, 3.8) is 0 Å². The average molecular weight is 333 g/mol. The summed E-state index contributed by atoms with van der Waals surface area (Å²) in [6.07, 6.45) is -2.31. The van der Waals surface area contributed by atoms with E-state index < -0.39 is 18.3 Å². The highest BCUT2D eigenvalue weighted by Gasteiger charge is 2.49. The van der Waals surface area contributed by atoms with Crippen molar-refractivity contribution in [3.8, 4) is 0 Å². The first-order valence-electron chi connectivity index (χ1n) is 7.32. The Morgan fingerprint density at radius 3 is 2.35 bits per heavy atom. The van der Waals surface area contributed by atoms with Gasteiger partial charge < -0.3 is 15.5 Å². The molecule has 0 bridgehead atoms. The fourth-order valence-corrected chi connectivity index (χ4v) is 2.40. The molecule has 4 nitrogen and oxygen atoms in total. The van der Waals surface area contributed by atoms with Crippen molar-refractivity contribution >= 4 is 17.3 Å². The lowest BCUT2D eigenvalue weighted by atomic mass is 10.0. The van der Waals surface area contributed by atoms with Crippen LogP contribution in [0.25, 0.3) is 0 Å². The number of halogens is 4. The number of nitrogens with one attached hydrogen (secondary N) is 2. The maximum atomic E-state index is 13.1. The molecule has 0 atom stereocenters. The molecule has 8 heteroatoms.